The minimum Gasteiger partial charge on any atom is -0.339 e. The van der Waals surface area contributed by atoms with Gasteiger partial charge in [0, 0.05) is 42.4 Å². The van der Waals surface area contributed by atoms with Crippen LogP contribution in [0.4, 0.5) is 11.5 Å². The summed E-state index contributed by atoms with van der Waals surface area (Å²) >= 11 is 0. The summed E-state index contributed by atoms with van der Waals surface area (Å²) in [5, 5.41) is 5.69. The van der Waals surface area contributed by atoms with E-state index >= 15 is 0 Å². The molecule has 0 unspecified atom stereocenters. The number of anilines is 2. The zero-order valence-corrected chi connectivity index (χ0v) is 17.6. The number of aromatic nitrogens is 1. The third-order valence-corrected chi connectivity index (χ3v) is 5.24. The fourth-order valence-corrected chi connectivity index (χ4v) is 3.34. The number of hydrogen-bond donors (Lipinski definition) is 2. The van der Waals surface area contributed by atoms with E-state index in [0.717, 1.165) is 5.56 Å². The molecule has 2 aromatic rings. The van der Waals surface area contributed by atoms with Gasteiger partial charge in [0.1, 0.15) is 5.82 Å². The van der Waals surface area contributed by atoms with Crippen molar-refractivity contribution in [1.29, 1.82) is 0 Å². The first-order valence-corrected chi connectivity index (χ1v) is 10.3. The van der Waals surface area contributed by atoms with Crippen molar-refractivity contribution >= 4 is 29.2 Å². The van der Waals surface area contributed by atoms with Crippen molar-refractivity contribution in [1.82, 2.24) is 9.88 Å². The summed E-state index contributed by atoms with van der Waals surface area (Å²) in [6.07, 6.45) is 2.91. The number of likely N-dealkylation sites (tertiary alicyclic amines) is 1. The first-order chi connectivity index (χ1) is 14.3. The lowest BCUT2D eigenvalue weighted by Crippen LogP contribution is -2.41. The van der Waals surface area contributed by atoms with Gasteiger partial charge in [0.05, 0.1) is 0 Å². The van der Waals surface area contributed by atoms with E-state index in [1.807, 2.05) is 32.9 Å². The molecular formula is C23H28N4O3. The molecule has 158 valence electrons. The summed E-state index contributed by atoms with van der Waals surface area (Å²) < 4.78 is 0. The predicted molar refractivity (Wildman–Crippen MR) is 116 cm³/mol. The van der Waals surface area contributed by atoms with Gasteiger partial charge in [0.25, 0.3) is 5.91 Å². The van der Waals surface area contributed by atoms with Gasteiger partial charge in [-0.1, -0.05) is 13.8 Å². The molecule has 2 N–H and O–H groups in total. The Morgan fingerprint density at radius 2 is 1.70 bits per heavy atom. The molecule has 0 spiro atoms. The van der Waals surface area contributed by atoms with Crippen molar-refractivity contribution in [2.45, 2.75) is 33.6 Å². The van der Waals surface area contributed by atoms with Gasteiger partial charge in [0.2, 0.25) is 11.8 Å². The van der Waals surface area contributed by atoms with E-state index in [2.05, 4.69) is 15.6 Å². The summed E-state index contributed by atoms with van der Waals surface area (Å²) in [5.74, 6) is 0.149. The van der Waals surface area contributed by atoms with Gasteiger partial charge in [-0.3, -0.25) is 14.4 Å². The molecule has 1 aromatic carbocycles. The van der Waals surface area contributed by atoms with Crippen LogP contribution in [0.25, 0.3) is 0 Å². The van der Waals surface area contributed by atoms with E-state index < -0.39 is 0 Å². The van der Waals surface area contributed by atoms with Crippen molar-refractivity contribution < 1.29 is 14.4 Å². The Kier molecular flexibility index (Phi) is 6.82. The maximum absolute atomic E-state index is 12.8. The lowest BCUT2D eigenvalue weighted by molar-refractivity contribution is -0.121. The van der Waals surface area contributed by atoms with E-state index in [-0.39, 0.29) is 29.6 Å². The van der Waals surface area contributed by atoms with E-state index in [4.69, 9.17) is 0 Å². The maximum atomic E-state index is 12.8. The Morgan fingerprint density at radius 3 is 2.30 bits per heavy atom. The SMILES string of the molecule is Cc1ccnc(NC(=O)C2CCN(C(=O)c3ccc(NC(=O)C(C)C)cc3)CC2)c1. The number of pyridine rings is 1. The molecule has 1 saturated heterocycles. The number of carbonyl (C=O) groups is 3. The van der Waals surface area contributed by atoms with Crippen LogP contribution in [0.2, 0.25) is 0 Å². The lowest BCUT2D eigenvalue weighted by atomic mass is 9.95. The van der Waals surface area contributed by atoms with Gasteiger partial charge < -0.3 is 15.5 Å². The van der Waals surface area contributed by atoms with E-state index in [9.17, 15) is 14.4 Å². The molecule has 3 rings (SSSR count). The molecule has 1 aliphatic rings. The molecule has 0 radical (unpaired) electrons. The number of nitrogens with one attached hydrogen (secondary N) is 2. The number of rotatable bonds is 5. The Labute approximate surface area is 176 Å². The van der Waals surface area contributed by atoms with Gasteiger partial charge in [-0.05, 0) is 61.7 Å². The molecule has 7 heteroatoms. The fourth-order valence-electron chi connectivity index (χ4n) is 3.34. The molecule has 0 saturated carbocycles. The minimum atomic E-state index is -0.134. The lowest BCUT2D eigenvalue weighted by Gasteiger charge is -2.31. The fraction of sp³-hybridized carbons (Fsp3) is 0.391. The second-order valence-corrected chi connectivity index (χ2v) is 8.00. The number of aryl methyl sites for hydroxylation is 1. The largest absolute Gasteiger partial charge is 0.339 e. The molecule has 1 aliphatic heterocycles. The topological polar surface area (TPSA) is 91.4 Å². The molecule has 1 aromatic heterocycles. The maximum Gasteiger partial charge on any atom is 0.253 e. The molecule has 0 atom stereocenters. The molecule has 30 heavy (non-hydrogen) atoms. The highest BCUT2D eigenvalue weighted by Crippen LogP contribution is 2.21. The monoisotopic (exact) mass is 408 g/mol. The van der Waals surface area contributed by atoms with Gasteiger partial charge in [0.15, 0.2) is 0 Å². The standard InChI is InChI=1S/C23H28N4O3/c1-15(2)21(28)25-19-6-4-18(5-7-19)23(30)27-12-9-17(10-13-27)22(29)26-20-14-16(3)8-11-24-20/h4-8,11,14-15,17H,9-10,12-13H2,1-3H3,(H,25,28)(H,24,26,29). The summed E-state index contributed by atoms with van der Waals surface area (Å²) in [6, 6.07) is 10.6. The first kappa shape index (κ1) is 21.5. The number of carbonyl (C=O) groups excluding carboxylic acids is 3. The smallest absolute Gasteiger partial charge is 0.253 e. The zero-order chi connectivity index (χ0) is 21.7. The quantitative estimate of drug-likeness (QED) is 0.792. The van der Waals surface area contributed by atoms with Crippen molar-refractivity contribution in [2.24, 2.45) is 11.8 Å². The van der Waals surface area contributed by atoms with Crippen LogP contribution in [0.3, 0.4) is 0 Å². The molecule has 7 nitrogen and oxygen atoms in total. The van der Waals surface area contributed by atoms with Crippen LogP contribution >= 0.6 is 0 Å². The predicted octanol–water partition coefficient (Wildman–Crippen LogP) is 3.48. The Morgan fingerprint density at radius 1 is 1.03 bits per heavy atom. The van der Waals surface area contributed by atoms with Gasteiger partial charge in [-0.25, -0.2) is 4.98 Å². The highest BCUT2D eigenvalue weighted by atomic mass is 16.2. The third-order valence-electron chi connectivity index (χ3n) is 5.24. The summed E-state index contributed by atoms with van der Waals surface area (Å²) in [5.41, 5.74) is 2.28. The second kappa shape index (κ2) is 9.52. The number of benzene rings is 1. The van der Waals surface area contributed by atoms with Crippen LogP contribution in [-0.2, 0) is 9.59 Å². The van der Waals surface area contributed by atoms with Gasteiger partial charge in [-0.15, -0.1) is 0 Å². The van der Waals surface area contributed by atoms with Crippen molar-refractivity contribution in [3.8, 4) is 0 Å². The van der Waals surface area contributed by atoms with Crippen LogP contribution in [0.5, 0.6) is 0 Å². The van der Waals surface area contributed by atoms with Crippen LogP contribution in [0, 0.1) is 18.8 Å². The number of amides is 3. The zero-order valence-electron chi connectivity index (χ0n) is 17.6. The van der Waals surface area contributed by atoms with Crippen LogP contribution < -0.4 is 10.6 Å². The number of piperidine rings is 1. The number of hydrogen-bond acceptors (Lipinski definition) is 4. The Hall–Kier alpha value is -3.22. The van der Waals surface area contributed by atoms with Crippen LogP contribution in [0.15, 0.2) is 42.6 Å². The first-order valence-electron chi connectivity index (χ1n) is 10.3. The summed E-state index contributed by atoms with van der Waals surface area (Å²) in [4.78, 5) is 43.0. The summed E-state index contributed by atoms with van der Waals surface area (Å²) in [7, 11) is 0. The van der Waals surface area contributed by atoms with Crippen LogP contribution in [0.1, 0.15) is 42.6 Å². The van der Waals surface area contributed by atoms with Crippen molar-refractivity contribution in [3.05, 3.63) is 53.7 Å². The van der Waals surface area contributed by atoms with Gasteiger partial charge in [-0.2, -0.15) is 0 Å². The second-order valence-electron chi connectivity index (χ2n) is 8.00. The molecule has 3 amide bonds. The highest BCUT2D eigenvalue weighted by molar-refractivity contribution is 5.96. The minimum absolute atomic E-state index is 0.0505. The van der Waals surface area contributed by atoms with Crippen LogP contribution in [-0.4, -0.2) is 40.7 Å². The average molecular weight is 409 g/mol. The molecule has 2 heterocycles. The molecule has 0 bridgehead atoms. The van der Waals surface area contributed by atoms with E-state index in [1.54, 1.807) is 35.4 Å². The molecular weight excluding hydrogens is 380 g/mol. The number of nitrogens with zero attached hydrogens (tertiary/aromatic N) is 2. The van der Waals surface area contributed by atoms with E-state index in [0.29, 0.717) is 43.0 Å². The summed E-state index contributed by atoms with van der Waals surface area (Å²) in [6.45, 7) is 6.67. The Bertz CT molecular complexity index is 916. The van der Waals surface area contributed by atoms with Gasteiger partial charge >= 0.3 is 0 Å². The molecule has 0 aliphatic carbocycles. The highest BCUT2D eigenvalue weighted by Gasteiger charge is 2.28. The van der Waals surface area contributed by atoms with Crippen molar-refractivity contribution in [2.75, 3.05) is 23.7 Å². The molecule has 1 fully saturated rings. The Balaban J connectivity index is 1.52. The third kappa shape index (κ3) is 5.43. The average Bonchev–Trinajstić information content (AvgIpc) is 2.74. The normalized spacial score (nSPS) is 14.5. The van der Waals surface area contributed by atoms with Crippen molar-refractivity contribution in [3.63, 3.8) is 0 Å². The van der Waals surface area contributed by atoms with E-state index in [1.165, 1.54) is 0 Å².